The first-order chi connectivity index (χ1) is 12.5. The van der Waals surface area contributed by atoms with Crippen LogP contribution in [0.25, 0.3) is 10.2 Å². The van der Waals surface area contributed by atoms with Crippen molar-refractivity contribution >= 4 is 27.2 Å². The molecule has 136 valence electrons. The lowest BCUT2D eigenvalue weighted by Crippen LogP contribution is -2.46. The number of piperazine rings is 1. The molecule has 0 radical (unpaired) electrons. The van der Waals surface area contributed by atoms with Crippen LogP contribution in [-0.2, 0) is 12.7 Å². The van der Waals surface area contributed by atoms with Crippen molar-refractivity contribution in [3.63, 3.8) is 0 Å². The van der Waals surface area contributed by atoms with Gasteiger partial charge in [0.2, 0.25) is 0 Å². The summed E-state index contributed by atoms with van der Waals surface area (Å²) in [6.07, 6.45) is -4.30. The lowest BCUT2D eigenvalue weighted by Gasteiger charge is -2.35. The Labute approximate surface area is 153 Å². The van der Waals surface area contributed by atoms with Crippen molar-refractivity contribution in [2.24, 2.45) is 0 Å². The maximum Gasteiger partial charge on any atom is 0.416 e. The second-order valence-corrected chi connectivity index (χ2v) is 7.50. The molecule has 0 saturated carbocycles. The van der Waals surface area contributed by atoms with Crippen molar-refractivity contribution in [2.75, 3.05) is 31.1 Å². The molecule has 4 rings (SSSR count). The molecule has 2 heterocycles. The van der Waals surface area contributed by atoms with Gasteiger partial charge in [-0.25, -0.2) is 4.98 Å². The van der Waals surface area contributed by atoms with Gasteiger partial charge in [-0.15, -0.1) is 11.3 Å². The molecule has 1 saturated heterocycles. The maximum atomic E-state index is 12.9. The number of para-hydroxylation sites is 1. The Hall–Kier alpha value is -2.12. The van der Waals surface area contributed by atoms with Crippen LogP contribution in [0.5, 0.6) is 0 Å². The van der Waals surface area contributed by atoms with Crippen LogP contribution in [0, 0.1) is 0 Å². The molecule has 0 atom stereocenters. The number of anilines is 1. The molecule has 1 aliphatic heterocycles. The number of hydrogen-bond acceptors (Lipinski definition) is 4. The summed E-state index contributed by atoms with van der Waals surface area (Å²) < 4.78 is 39.9. The number of thiazole rings is 1. The van der Waals surface area contributed by atoms with Gasteiger partial charge in [0.05, 0.1) is 22.3 Å². The first kappa shape index (κ1) is 17.3. The molecule has 2 aromatic carbocycles. The predicted octanol–water partition coefficient (Wildman–Crippen LogP) is 4.64. The van der Waals surface area contributed by atoms with Gasteiger partial charge in [0.1, 0.15) is 5.01 Å². The molecule has 3 aromatic rings. The Kier molecular flexibility index (Phi) is 4.58. The number of benzene rings is 2. The standard InChI is InChI=1S/C19H18F3N3S/c20-19(21,22)14-4-3-5-15(12-14)25-10-8-24(9-11-25)13-18-23-16-6-1-2-7-17(16)26-18/h1-7,12H,8-11,13H2. The Morgan fingerprint density at radius 1 is 0.962 bits per heavy atom. The van der Waals surface area contributed by atoms with Crippen molar-refractivity contribution in [1.29, 1.82) is 0 Å². The highest BCUT2D eigenvalue weighted by Gasteiger charge is 2.31. The third-order valence-corrected chi connectivity index (χ3v) is 5.63. The van der Waals surface area contributed by atoms with Crippen molar-refractivity contribution < 1.29 is 13.2 Å². The van der Waals surface area contributed by atoms with E-state index in [-0.39, 0.29) is 0 Å². The van der Waals surface area contributed by atoms with Gasteiger partial charge in [0.15, 0.2) is 0 Å². The van der Waals surface area contributed by atoms with Gasteiger partial charge >= 0.3 is 6.18 Å². The van der Waals surface area contributed by atoms with E-state index in [0.29, 0.717) is 18.8 Å². The van der Waals surface area contributed by atoms with Crippen LogP contribution in [0.1, 0.15) is 10.6 Å². The number of hydrogen-bond donors (Lipinski definition) is 0. The normalized spacial score (nSPS) is 16.3. The summed E-state index contributed by atoms with van der Waals surface area (Å²) in [6, 6.07) is 13.7. The monoisotopic (exact) mass is 377 g/mol. The number of rotatable bonds is 3. The van der Waals surface area contributed by atoms with Crippen LogP contribution in [-0.4, -0.2) is 36.1 Å². The Balaban J connectivity index is 1.39. The summed E-state index contributed by atoms with van der Waals surface area (Å²) in [5, 5.41) is 1.08. The van der Waals surface area contributed by atoms with Crippen LogP contribution < -0.4 is 4.90 Å². The summed E-state index contributed by atoms with van der Waals surface area (Å²) in [4.78, 5) is 8.99. The zero-order chi connectivity index (χ0) is 18.1. The molecule has 26 heavy (non-hydrogen) atoms. The molecule has 1 fully saturated rings. The molecular formula is C19H18F3N3S. The Morgan fingerprint density at radius 2 is 1.73 bits per heavy atom. The van der Waals surface area contributed by atoms with Crippen LogP contribution in [0.2, 0.25) is 0 Å². The Bertz CT molecular complexity index is 865. The zero-order valence-electron chi connectivity index (χ0n) is 14.0. The van der Waals surface area contributed by atoms with Crippen LogP contribution >= 0.6 is 11.3 Å². The topological polar surface area (TPSA) is 19.4 Å². The van der Waals surface area contributed by atoms with E-state index >= 15 is 0 Å². The van der Waals surface area contributed by atoms with Gasteiger partial charge < -0.3 is 4.90 Å². The molecule has 0 N–H and O–H groups in total. The fraction of sp³-hybridized carbons (Fsp3) is 0.316. The van der Waals surface area contributed by atoms with Gasteiger partial charge in [-0.05, 0) is 30.3 Å². The first-order valence-corrected chi connectivity index (χ1v) is 9.30. The summed E-state index contributed by atoms with van der Waals surface area (Å²) in [7, 11) is 0. The molecule has 0 aliphatic carbocycles. The number of halogens is 3. The van der Waals surface area contributed by atoms with Crippen molar-refractivity contribution in [3.05, 3.63) is 59.1 Å². The minimum Gasteiger partial charge on any atom is -0.369 e. The predicted molar refractivity (Wildman–Crippen MR) is 98.6 cm³/mol. The largest absolute Gasteiger partial charge is 0.416 e. The van der Waals surface area contributed by atoms with Gasteiger partial charge in [-0.3, -0.25) is 4.90 Å². The number of alkyl halides is 3. The molecule has 1 aliphatic rings. The number of aromatic nitrogens is 1. The Morgan fingerprint density at radius 3 is 2.46 bits per heavy atom. The molecule has 3 nitrogen and oxygen atoms in total. The maximum absolute atomic E-state index is 12.9. The highest BCUT2D eigenvalue weighted by molar-refractivity contribution is 7.18. The highest BCUT2D eigenvalue weighted by atomic mass is 32.1. The van der Waals surface area contributed by atoms with E-state index in [0.717, 1.165) is 36.2 Å². The smallest absolute Gasteiger partial charge is 0.369 e. The average Bonchev–Trinajstić information content (AvgIpc) is 3.04. The summed E-state index contributed by atoms with van der Waals surface area (Å²) in [5.74, 6) is 0. The third-order valence-electron chi connectivity index (χ3n) is 4.61. The molecule has 0 unspecified atom stereocenters. The fourth-order valence-corrected chi connectivity index (χ4v) is 4.23. The summed E-state index contributed by atoms with van der Waals surface area (Å²) >= 11 is 1.70. The first-order valence-electron chi connectivity index (χ1n) is 8.48. The second kappa shape index (κ2) is 6.89. The molecule has 0 spiro atoms. The van der Waals surface area contributed by atoms with E-state index in [1.54, 1.807) is 17.4 Å². The van der Waals surface area contributed by atoms with Gasteiger partial charge in [0, 0.05) is 31.9 Å². The number of nitrogens with zero attached hydrogens (tertiary/aromatic N) is 3. The highest BCUT2D eigenvalue weighted by Crippen LogP contribution is 2.32. The SMILES string of the molecule is FC(F)(F)c1cccc(N2CCN(Cc3nc4ccccc4s3)CC2)c1. The van der Waals surface area contributed by atoms with Gasteiger partial charge in [-0.2, -0.15) is 13.2 Å². The zero-order valence-corrected chi connectivity index (χ0v) is 14.9. The quantitative estimate of drug-likeness (QED) is 0.663. The summed E-state index contributed by atoms with van der Waals surface area (Å²) in [6.45, 7) is 3.84. The van der Waals surface area contributed by atoms with Crippen molar-refractivity contribution in [2.45, 2.75) is 12.7 Å². The van der Waals surface area contributed by atoms with Crippen LogP contribution in [0.4, 0.5) is 18.9 Å². The van der Waals surface area contributed by atoms with E-state index < -0.39 is 11.7 Å². The van der Waals surface area contributed by atoms with Crippen LogP contribution in [0.3, 0.4) is 0 Å². The van der Waals surface area contributed by atoms with Crippen LogP contribution in [0.15, 0.2) is 48.5 Å². The van der Waals surface area contributed by atoms with E-state index in [2.05, 4.69) is 16.0 Å². The molecule has 0 bridgehead atoms. The lowest BCUT2D eigenvalue weighted by atomic mass is 10.1. The second-order valence-electron chi connectivity index (χ2n) is 6.39. The van der Waals surface area contributed by atoms with E-state index in [1.807, 2.05) is 23.1 Å². The van der Waals surface area contributed by atoms with E-state index in [4.69, 9.17) is 0 Å². The minimum atomic E-state index is -4.30. The minimum absolute atomic E-state index is 0.591. The number of fused-ring (bicyclic) bond motifs is 1. The van der Waals surface area contributed by atoms with Gasteiger partial charge in [-0.1, -0.05) is 18.2 Å². The molecule has 1 aromatic heterocycles. The van der Waals surface area contributed by atoms with Crippen molar-refractivity contribution in [1.82, 2.24) is 9.88 Å². The van der Waals surface area contributed by atoms with E-state index in [9.17, 15) is 13.2 Å². The molecule has 7 heteroatoms. The lowest BCUT2D eigenvalue weighted by molar-refractivity contribution is -0.137. The van der Waals surface area contributed by atoms with E-state index in [1.165, 1.54) is 16.8 Å². The fourth-order valence-electron chi connectivity index (χ4n) is 3.22. The summed E-state index contributed by atoms with van der Waals surface area (Å²) in [5.41, 5.74) is 1.07. The van der Waals surface area contributed by atoms with Crippen molar-refractivity contribution in [3.8, 4) is 0 Å². The molecular weight excluding hydrogens is 359 g/mol. The third kappa shape index (κ3) is 3.68. The molecule has 0 amide bonds. The average molecular weight is 377 g/mol. The van der Waals surface area contributed by atoms with Gasteiger partial charge in [0.25, 0.3) is 0 Å².